The molecule has 0 radical (unpaired) electrons. The first-order chi connectivity index (χ1) is 9.40. The molecule has 0 aliphatic heterocycles. The van der Waals surface area contributed by atoms with Gasteiger partial charge in [-0.15, -0.1) is 0 Å². The average Bonchev–Trinajstić information content (AvgIpc) is 2.44. The second-order valence-corrected chi connectivity index (χ2v) is 4.06. The number of hydrogen-bond donors (Lipinski definition) is 0. The Balaban J connectivity index is 3.56. The number of ketones is 1. The first kappa shape index (κ1) is 15.9. The van der Waals surface area contributed by atoms with E-state index in [9.17, 15) is 14.0 Å². The van der Waals surface area contributed by atoms with Crippen LogP contribution in [0.4, 0.5) is 4.39 Å². The summed E-state index contributed by atoms with van der Waals surface area (Å²) in [7, 11) is 2.65. The third-order valence-corrected chi connectivity index (χ3v) is 2.90. The third kappa shape index (κ3) is 2.59. The quantitative estimate of drug-likeness (QED) is 0.471. The van der Waals surface area contributed by atoms with Crippen LogP contribution in [0, 0.1) is 19.7 Å². The van der Waals surface area contributed by atoms with Crippen molar-refractivity contribution in [3.05, 3.63) is 22.5 Å². The van der Waals surface area contributed by atoms with Crippen LogP contribution in [0.25, 0.3) is 0 Å². The molecule has 5 nitrogen and oxygen atoms in total. The van der Waals surface area contributed by atoms with Crippen molar-refractivity contribution in [3.63, 3.8) is 0 Å². The average molecular weight is 284 g/mol. The molecule has 0 aromatic heterocycles. The van der Waals surface area contributed by atoms with Gasteiger partial charge in [0.1, 0.15) is 5.82 Å². The highest BCUT2D eigenvalue weighted by atomic mass is 19.1. The van der Waals surface area contributed by atoms with E-state index in [4.69, 9.17) is 9.47 Å². The number of rotatable bonds is 5. The number of carbonyl (C=O) groups excluding carboxylic acids is 2. The number of hydrogen-bond acceptors (Lipinski definition) is 5. The lowest BCUT2D eigenvalue weighted by Crippen LogP contribution is -2.20. The van der Waals surface area contributed by atoms with Crippen LogP contribution < -0.4 is 9.47 Å². The van der Waals surface area contributed by atoms with Gasteiger partial charge < -0.3 is 14.2 Å². The van der Waals surface area contributed by atoms with Crippen molar-refractivity contribution in [2.75, 3.05) is 20.8 Å². The number of Topliss-reactive ketones (excluding diaryl/α,β-unsaturated/α-hetero) is 1. The van der Waals surface area contributed by atoms with E-state index in [-0.39, 0.29) is 34.8 Å². The fourth-order valence-electron chi connectivity index (χ4n) is 1.96. The lowest BCUT2D eigenvalue weighted by molar-refractivity contribution is -0.137. The Morgan fingerprint density at radius 3 is 2.05 bits per heavy atom. The zero-order valence-electron chi connectivity index (χ0n) is 12.1. The summed E-state index contributed by atoms with van der Waals surface area (Å²) in [6, 6.07) is 0. The zero-order valence-corrected chi connectivity index (χ0v) is 12.1. The van der Waals surface area contributed by atoms with Crippen LogP contribution in [0.2, 0.25) is 0 Å². The van der Waals surface area contributed by atoms with E-state index in [1.54, 1.807) is 6.92 Å². The Labute approximate surface area is 116 Å². The number of ether oxygens (including phenoxy) is 3. The highest BCUT2D eigenvalue weighted by molar-refractivity contribution is 6.41. The molecule has 6 heteroatoms. The highest BCUT2D eigenvalue weighted by Crippen LogP contribution is 2.39. The second kappa shape index (κ2) is 6.36. The highest BCUT2D eigenvalue weighted by Gasteiger charge is 2.30. The third-order valence-electron chi connectivity index (χ3n) is 2.90. The van der Waals surface area contributed by atoms with E-state index in [1.165, 1.54) is 28.1 Å². The molecule has 0 saturated heterocycles. The molecule has 1 aromatic rings. The molecule has 0 saturated carbocycles. The minimum Gasteiger partial charge on any atom is -0.492 e. The summed E-state index contributed by atoms with van der Waals surface area (Å²) in [6.45, 7) is 4.53. The van der Waals surface area contributed by atoms with Gasteiger partial charge >= 0.3 is 5.97 Å². The lowest BCUT2D eigenvalue weighted by Gasteiger charge is -2.17. The van der Waals surface area contributed by atoms with Crippen LogP contribution in [-0.2, 0) is 9.53 Å². The molecule has 0 bridgehead atoms. The second-order valence-electron chi connectivity index (χ2n) is 4.06. The van der Waals surface area contributed by atoms with E-state index in [1.807, 2.05) is 0 Å². The van der Waals surface area contributed by atoms with E-state index < -0.39 is 17.6 Å². The minimum atomic E-state index is -1.06. The number of carbonyl (C=O) groups is 2. The molecule has 0 atom stereocenters. The summed E-state index contributed by atoms with van der Waals surface area (Å²) >= 11 is 0. The Bertz CT molecular complexity index is 551. The molecule has 1 rings (SSSR count). The van der Waals surface area contributed by atoms with Gasteiger partial charge in [0.25, 0.3) is 5.78 Å². The van der Waals surface area contributed by atoms with Gasteiger partial charge in [0.15, 0.2) is 11.5 Å². The molecule has 20 heavy (non-hydrogen) atoms. The maximum atomic E-state index is 14.1. The Morgan fingerprint density at radius 2 is 1.60 bits per heavy atom. The maximum absolute atomic E-state index is 14.1. The largest absolute Gasteiger partial charge is 0.492 e. The van der Waals surface area contributed by atoms with E-state index in [0.717, 1.165) is 0 Å². The van der Waals surface area contributed by atoms with Gasteiger partial charge in [-0.2, -0.15) is 0 Å². The van der Waals surface area contributed by atoms with Crippen molar-refractivity contribution >= 4 is 11.8 Å². The molecule has 0 spiro atoms. The fourth-order valence-corrected chi connectivity index (χ4v) is 1.96. The Kier molecular flexibility index (Phi) is 5.07. The van der Waals surface area contributed by atoms with Crippen molar-refractivity contribution in [2.24, 2.45) is 0 Å². The Morgan fingerprint density at radius 1 is 1.05 bits per heavy atom. The molecule has 0 aliphatic rings. The molecule has 110 valence electrons. The number of halogens is 1. The van der Waals surface area contributed by atoms with Crippen molar-refractivity contribution in [2.45, 2.75) is 20.8 Å². The van der Waals surface area contributed by atoms with Gasteiger partial charge in [0.2, 0.25) is 0 Å². The van der Waals surface area contributed by atoms with Gasteiger partial charge in [-0.05, 0) is 20.8 Å². The van der Waals surface area contributed by atoms with Crippen molar-refractivity contribution in [1.82, 2.24) is 0 Å². The number of benzene rings is 1. The first-order valence-corrected chi connectivity index (χ1v) is 6.02. The normalized spacial score (nSPS) is 10.1. The zero-order chi connectivity index (χ0) is 15.4. The van der Waals surface area contributed by atoms with E-state index in [2.05, 4.69) is 4.74 Å². The summed E-state index contributed by atoms with van der Waals surface area (Å²) in [5.74, 6) is -2.52. The SMILES string of the molecule is CCOC(=O)C(=O)c1c(C)c(F)c(C)c(OC)c1OC. The summed E-state index contributed by atoms with van der Waals surface area (Å²) in [5.41, 5.74) is 0.0614. The van der Waals surface area contributed by atoms with Crippen LogP contribution in [0.1, 0.15) is 28.4 Å². The minimum absolute atomic E-state index is 0.0261. The predicted octanol–water partition coefficient (Wildman–Crippen LogP) is 2.21. The number of esters is 1. The van der Waals surface area contributed by atoms with Crippen LogP contribution in [0.15, 0.2) is 0 Å². The molecule has 0 aliphatic carbocycles. The van der Waals surface area contributed by atoms with Crippen molar-refractivity contribution in [3.8, 4) is 11.5 Å². The molecule has 0 fully saturated rings. The smallest absolute Gasteiger partial charge is 0.379 e. The topological polar surface area (TPSA) is 61.8 Å². The van der Waals surface area contributed by atoms with Crippen LogP contribution >= 0.6 is 0 Å². The Hall–Kier alpha value is -2.11. The molecule has 0 amide bonds. The molecule has 0 unspecified atom stereocenters. The van der Waals surface area contributed by atoms with Gasteiger partial charge in [0, 0.05) is 11.1 Å². The van der Waals surface area contributed by atoms with E-state index in [0.29, 0.717) is 0 Å². The lowest BCUT2D eigenvalue weighted by atomic mass is 9.98. The van der Waals surface area contributed by atoms with Gasteiger partial charge in [-0.25, -0.2) is 9.18 Å². The summed E-state index contributed by atoms with van der Waals surface area (Å²) in [6.07, 6.45) is 0. The van der Waals surface area contributed by atoms with Gasteiger partial charge in [-0.3, -0.25) is 4.79 Å². The predicted molar refractivity (Wildman–Crippen MR) is 69.9 cm³/mol. The van der Waals surface area contributed by atoms with Crippen LogP contribution in [-0.4, -0.2) is 32.6 Å². The van der Waals surface area contributed by atoms with Crippen molar-refractivity contribution < 1.29 is 28.2 Å². The molecular formula is C14H17FO5. The van der Waals surface area contributed by atoms with Crippen LogP contribution in [0.3, 0.4) is 0 Å². The van der Waals surface area contributed by atoms with Gasteiger partial charge in [-0.1, -0.05) is 0 Å². The fraction of sp³-hybridized carbons (Fsp3) is 0.429. The number of methoxy groups -OCH3 is 2. The van der Waals surface area contributed by atoms with Gasteiger partial charge in [0.05, 0.1) is 26.4 Å². The molecule has 0 heterocycles. The van der Waals surface area contributed by atoms with Crippen molar-refractivity contribution in [1.29, 1.82) is 0 Å². The van der Waals surface area contributed by atoms with Crippen LogP contribution in [0.5, 0.6) is 11.5 Å². The summed E-state index contributed by atoms with van der Waals surface area (Å²) < 4.78 is 29.0. The maximum Gasteiger partial charge on any atom is 0.379 e. The molecule has 0 N–H and O–H groups in total. The summed E-state index contributed by atoms with van der Waals surface area (Å²) in [5, 5.41) is 0. The van der Waals surface area contributed by atoms with E-state index >= 15 is 0 Å². The molecule has 1 aromatic carbocycles. The monoisotopic (exact) mass is 284 g/mol. The first-order valence-electron chi connectivity index (χ1n) is 6.02. The summed E-state index contributed by atoms with van der Waals surface area (Å²) in [4.78, 5) is 23.7. The molecular weight excluding hydrogens is 267 g/mol. The standard InChI is InChI=1S/C14H17FO5/c1-6-20-14(17)11(16)9-7(2)10(15)8(3)12(18-4)13(9)19-5/h6H2,1-5H3.